The highest BCUT2D eigenvalue weighted by atomic mass is 32.1. The molecule has 1 fully saturated rings. The molecule has 1 aliphatic heterocycles. The molecule has 2 aromatic heterocycles. The third-order valence-corrected chi connectivity index (χ3v) is 6.80. The highest BCUT2D eigenvalue weighted by molar-refractivity contribution is 7.13. The predicted octanol–water partition coefficient (Wildman–Crippen LogP) is 4.93. The van der Waals surface area contributed by atoms with Crippen LogP contribution in [0, 0.1) is 12.8 Å². The predicted molar refractivity (Wildman–Crippen MR) is 129 cm³/mol. The van der Waals surface area contributed by atoms with Crippen LogP contribution in [0.1, 0.15) is 60.6 Å². The largest absolute Gasteiger partial charge is 0.464 e. The minimum Gasteiger partial charge on any atom is -0.464 e. The Morgan fingerprint density at radius 1 is 1.35 bits per heavy atom. The first-order valence-corrected chi connectivity index (χ1v) is 12.5. The number of nitrogens with two attached hydrogens (primary N) is 1. The van der Waals surface area contributed by atoms with Gasteiger partial charge in [0.05, 0.1) is 17.8 Å². The average Bonchev–Trinajstić information content (AvgIpc) is 3.43. The maximum absolute atomic E-state index is 12.2. The third-order valence-electron chi connectivity index (χ3n) is 5.73. The molecule has 34 heavy (non-hydrogen) atoms. The lowest BCUT2D eigenvalue weighted by Crippen LogP contribution is -2.32. The van der Waals surface area contributed by atoms with E-state index in [9.17, 15) is 13.6 Å². The van der Waals surface area contributed by atoms with E-state index < -0.39 is 18.9 Å². The number of ether oxygens (including phenoxy) is 1. The lowest BCUT2D eigenvalue weighted by atomic mass is 9.87. The van der Waals surface area contributed by atoms with Gasteiger partial charge in [-0.2, -0.15) is 0 Å². The van der Waals surface area contributed by atoms with Crippen LogP contribution in [0.15, 0.2) is 23.7 Å². The Labute approximate surface area is 204 Å². The van der Waals surface area contributed by atoms with Crippen LogP contribution in [0.4, 0.5) is 8.78 Å². The molecule has 0 atom stereocenters. The maximum atomic E-state index is 12.2. The van der Waals surface area contributed by atoms with Gasteiger partial charge in [-0.1, -0.05) is 48.6 Å². The molecule has 0 aromatic carbocycles. The Morgan fingerprint density at radius 2 is 2.09 bits per heavy atom. The fourth-order valence-corrected chi connectivity index (χ4v) is 5.05. The first kappa shape index (κ1) is 27.9. The van der Waals surface area contributed by atoms with Crippen molar-refractivity contribution in [1.82, 2.24) is 15.0 Å². The van der Waals surface area contributed by atoms with Crippen LogP contribution in [0.2, 0.25) is 0 Å². The molecule has 190 valence electrons. The van der Waals surface area contributed by atoms with Crippen molar-refractivity contribution in [3.05, 3.63) is 41.2 Å². The fourth-order valence-electron chi connectivity index (χ4n) is 4.14. The number of aryl methyl sites for hydroxylation is 1. The summed E-state index contributed by atoms with van der Waals surface area (Å²) in [5, 5.41) is 3.98. The summed E-state index contributed by atoms with van der Waals surface area (Å²) >= 11 is 1.43. The van der Waals surface area contributed by atoms with Crippen LogP contribution in [-0.4, -0.2) is 47.1 Å². The zero-order valence-corrected chi connectivity index (χ0v) is 20.8. The van der Waals surface area contributed by atoms with Crippen molar-refractivity contribution in [3.8, 4) is 5.19 Å². The fraction of sp³-hybridized carbons (Fsp3) is 0.625. The number of nitrogens with zero attached hydrogens (tertiary/aromatic N) is 3. The number of primary amides is 1. The number of fused-ring (bicyclic) bond motifs is 1. The first-order valence-electron chi connectivity index (χ1n) is 11.7. The number of carbonyl (C=O) groups is 1. The molecule has 7 nitrogen and oxygen atoms in total. The number of rotatable bonds is 8. The normalized spacial score (nSPS) is 16.1. The summed E-state index contributed by atoms with van der Waals surface area (Å²) in [5.74, 6) is 1.19. The van der Waals surface area contributed by atoms with Gasteiger partial charge in [0.15, 0.2) is 6.61 Å². The van der Waals surface area contributed by atoms with Crippen molar-refractivity contribution in [1.29, 1.82) is 0 Å². The minimum absolute atomic E-state index is 0.150. The van der Waals surface area contributed by atoms with E-state index in [4.69, 9.17) is 15.0 Å². The molecule has 1 saturated carbocycles. The van der Waals surface area contributed by atoms with E-state index in [1.807, 2.05) is 0 Å². The number of amides is 1. The zero-order valence-electron chi connectivity index (χ0n) is 19.9. The highest BCUT2D eigenvalue weighted by Gasteiger charge is 2.23. The van der Waals surface area contributed by atoms with Gasteiger partial charge in [0.25, 0.3) is 11.6 Å². The summed E-state index contributed by atoms with van der Waals surface area (Å²) in [5.41, 5.74) is 6.53. The van der Waals surface area contributed by atoms with Gasteiger partial charge in [-0.15, -0.1) is 13.2 Å². The van der Waals surface area contributed by atoms with Crippen LogP contribution in [0.5, 0.6) is 5.19 Å². The summed E-state index contributed by atoms with van der Waals surface area (Å²) in [6, 6.07) is 1.69. The molecule has 0 unspecified atom stereocenters. The van der Waals surface area contributed by atoms with Gasteiger partial charge in [0.2, 0.25) is 5.91 Å². The molecule has 0 radical (unpaired) electrons. The van der Waals surface area contributed by atoms with Crippen molar-refractivity contribution in [2.45, 2.75) is 71.3 Å². The van der Waals surface area contributed by atoms with Crippen molar-refractivity contribution in [2.24, 2.45) is 11.7 Å². The molecule has 2 aliphatic rings. The molecule has 2 N–H and O–H groups in total. The number of halogens is 2. The molecule has 3 heterocycles. The van der Waals surface area contributed by atoms with Crippen LogP contribution >= 0.6 is 11.3 Å². The quantitative estimate of drug-likeness (QED) is 0.519. The molecule has 2 aromatic rings. The second kappa shape index (κ2) is 14.8. The number of hydrogen-bond acceptors (Lipinski definition) is 7. The Bertz CT molecular complexity index is 868. The number of thiazole rings is 1. The Balaban J connectivity index is 0.000000286. The second-order valence-electron chi connectivity index (χ2n) is 8.44. The monoisotopic (exact) mass is 498 g/mol. The van der Waals surface area contributed by atoms with Crippen molar-refractivity contribution < 1.29 is 22.8 Å². The van der Waals surface area contributed by atoms with E-state index in [0.29, 0.717) is 16.6 Å². The van der Waals surface area contributed by atoms with E-state index in [2.05, 4.69) is 28.2 Å². The number of aromatic nitrogens is 2. The lowest BCUT2D eigenvalue weighted by molar-refractivity contribution is -0.117. The van der Waals surface area contributed by atoms with Crippen molar-refractivity contribution in [3.63, 3.8) is 0 Å². The molecule has 0 spiro atoms. The van der Waals surface area contributed by atoms with Gasteiger partial charge in [-0.05, 0) is 32.2 Å². The Kier molecular flexibility index (Phi) is 12.2. The third kappa shape index (κ3) is 9.89. The lowest BCUT2D eigenvalue weighted by Gasteiger charge is -2.29. The second-order valence-corrected chi connectivity index (χ2v) is 9.49. The molecule has 4 rings (SSSR count). The maximum Gasteiger partial charge on any atom is 0.273 e. The van der Waals surface area contributed by atoms with E-state index in [1.165, 1.54) is 54.7 Å². The standard InChI is InChI=1S/C16H24F2N2OS.C6H8N2O2.C2H4/c17-15(18)11-21-16-19-13-10-20(9-7-14(13)22-16)8-6-12-4-2-1-3-5-12;1-4-2-5(8-10-4)3-6(7)9;1-2/h12,15H,1-11H2;2H,3H2,1H3,(H2,7,9);1-2H2. The zero-order chi connectivity index (χ0) is 24.9. The van der Waals surface area contributed by atoms with E-state index in [-0.39, 0.29) is 6.42 Å². The summed E-state index contributed by atoms with van der Waals surface area (Å²) < 4.78 is 34.1. The average molecular weight is 499 g/mol. The van der Waals surface area contributed by atoms with Crippen LogP contribution < -0.4 is 10.5 Å². The molecule has 1 aliphatic carbocycles. The molecule has 10 heteroatoms. The molecular weight excluding hydrogens is 462 g/mol. The summed E-state index contributed by atoms with van der Waals surface area (Å²) in [6.07, 6.45) is 6.94. The topological polar surface area (TPSA) is 94.5 Å². The minimum atomic E-state index is -2.44. The van der Waals surface area contributed by atoms with Crippen LogP contribution in [-0.2, 0) is 24.2 Å². The summed E-state index contributed by atoms with van der Waals surface area (Å²) in [4.78, 5) is 18.4. The SMILES string of the molecule is C=C.Cc1cc(CC(N)=O)no1.FC(F)COc1nc2c(s1)CCN(CCC1CCCCC1)C2. The van der Waals surface area contributed by atoms with Gasteiger partial charge < -0.3 is 15.0 Å². The summed E-state index contributed by atoms with van der Waals surface area (Å²) in [6.45, 7) is 10.2. The molecule has 1 amide bonds. The van der Waals surface area contributed by atoms with Gasteiger partial charge in [0, 0.05) is 24.0 Å². The summed E-state index contributed by atoms with van der Waals surface area (Å²) in [7, 11) is 0. The van der Waals surface area contributed by atoms with Crippen LogP contribution in [0.25, 0.3) is 0 Å². The number of hydrogen-bond donors (Lipinski definition) is 1. The van der Waals surface area contributed by atoms with Crippen LogP contribution in [0.3, 0.4) is 0 Å². The first-order chi connectivity index (χ1) is 16.4. The van der Waals surface area contributed by atoms with Gasteiger partial charge in [0.1, 0.15) is 5.76 Å². The van der Waals surface area contributed by atoms with Crippen molar-refractivity contribution >= 4 is 17.2 Å². The molecular formula is C24H36F2N4O3S. The Morgan fingerprint density at radius 3 is 2.71 bits per heavy atom. The number of carbonyl (C=O) groups excluding carboxylic acids is 1. The smallest absolute Gasteiger partial charge is 0.273 e. The highest BCUT2D eigenvalue weighted by Crippen LogP contribution is 2.31. The molecule has 0 bridgehead atoms. The Hall–Kier alpha value is -2.33. The molecule has 0 saturated heterocycles. The van der Waals surface area contributed by atoms with Gasteiger partial charge in [-0.25, -0.2) is 13.8 Å². The van der Waals surface area contributed by atoms with Crippen molar-refractivity contribution in [2.75, 3.05) is 19.7 Å². The number of alkyl halides is 2. The van der Waals surface area contributed by atoms with Gasteiger partial charge >= 0.3 is 0 Å². The van der Waals surface area contributed by atoms with E-state index in [1.54, 1.807) is 13.0 Å². The van der Waals surface area contributed by atoms with E-state index in [0.717, 1.165) is 37.7 Å². The van der Waals surface area contributed by atoms with E-state index >= 15 is 0 Å². The van der Waals surface area contributed by atoms with Gasteiger partial charge in [-0.3, -0.25) is 9.69 Å².